The van der Waals surface area contributed by atoms with Crippen LogP contribution in [0.2, 0.25) is 0 Å². The first-order valence-electron chi connectivity index (χ1n) is 6.78. The zero-order valence-electron chi connectivity index (χ0n) is 12.1. The van der Waals surface area contributed by atoms with Gasteiger partial charge >= 0.3 is 0 Å². The van der Waals surface area contributed by atoms with Crippen molar-refractivity contribution >= 4 is 5.69 Å². The molecule has 2 aromatic heterocycles. The zero-order valence-corrected chi connectivity index (χ0v) is 12.1. The van der Waals surface area contributed by atoms with E-state index in [4.69, 9.17) is 0 Å². The Hall–Kier alpha value is -2.18. The molecule has 0 radical (unpaired) electrons. The van der Waals surface area contributed by atoms with Crippen molar-refractivity contribution in [1.82, 2.24) is 24.5 Å². The van der Waals surface area contributed by atoms with Gasteiger partial charge in [0, 0.05) is 19.2 Å². The summed E-state index contributed by atoms with van der Waals surface area (Å²) in [4.78, 5) is 16.2. The second kappa shape index (κ2) is 6.31. The molecule has 2 heterocycles. The van der Waals surface area contributed by atoms with E-state index in [0.29, 0.717) is 12.5 Å². The van der Waals surface area contributed by atoms with E-state index in [1.165, 1.54) is 11.0 Å². The molecule has 0 fully saturated rings. The summed E-state index contributed by atoms with van der Waals surface area (Å²) in [5, 5.41) is 11.4. The van der Waals surface area contributed by atoms with Gasteiger partial charge in [0.25, 0.3) is 5.56 Å². The lowest BCUT2D eigenvalue weighted by atomic mass is 10.2. The summed E-state index contributed by atoms with van der Waals surface area (Å²) in [6, 6.07) is 1.56. The van der Waals surface area contributed by atoms with Crippen LogP contribution in [0.3, 0.4) is 0 Å². The van der Waals surface area contributed by atoms with E-state index < -0.39 is 0 Å². The maximum Gasteiger partial charge on any atom is 0.269 e. The van der Waals surface area contributed by atoms with Gasteiger partial charge in [0.1, 0.15) is 18.7 Å². The summed E-state index contributed by atoms with van der Waals surface area (Å²) in [7, 11) is 0. The van der Waals surface area contributed by atoms with E-state index in [9.17, 15) is 4.79 Å². The Kier molecular flexibility index (Phi) is 4.49. The number of hydrogen-bond acceptors (Lipinski definition) is 5. The Labute approximate surface area is 117 Å². The standard InChI is InChI=1S/C13H20N6O/c1-4-18-12(15-9-17-18)8-19-13(20)5-11(7-16-19)14-6-10(2)3/h5,7,9-10,14H,4,6,8H2,1-3H3. The SMILES string of the molecule is CCn1ncnc1Cn1ncc(NCC(C)C)cc1=O. The van der Waals surface area contributed by atoms with Crippen LogP contribution in [-0.2, 0) is 13.1 Å². The molecule has 1 N–H and O–H groups in total. The number of anilines is 1. The normalized spacial score (nSPS) is 11.0. The average molecular weight is 276 g/mol. The number of nitrogens with one attached hydrogen (secondary N) is 1. The molecule has 7 nitrogen and oxygen atoms in total. The van der Waals surface area contributed by atoms with Gasteiger partial charge in [0.15, 0.2) is 0 Å². The van der Waals surface area contributed by atoms with E-state index in [-0.39, 0.29) is 5.56 Å². The third kappa shape index (κ3) is 3.43. The fourth-order valence-corrected chi connectivity index (χ4v) is 1.78. The van der Waals surface area contributed by atoms with Crippen LogP contribution in [0.15, 0.2) is 23.4 Å². The highest BCUT2D eigenvalue weighted by atomic mass is 16.1. The molecule has 0 bridgehead atoms. The van der Waals surface area contributed by atoms with Gasteiger partial charge in [0.2, 0.25) is 0 Å². The molecule has 0 spiro atoms. The minimum atomic E-state index is -0.149. The summed E-state index contributed by atoms with van der Waals surface area (Å²) < 4.78 is 3.13. The number of hydrogen-bond donors (Lipinski definition) is 1. The Morgan fingerprint density at radius 3 is 2.75 bits per heavy atom. The van der Waals surface area contributed by atoms with E-state index in [2.05, 4.69) is 34.3 Å². The van der Waals surface area contributed by atoms with Crippen molar-refractivity contribution in [3.63, 3.8) is 0 Å². The minimum Gasteiger partial charge on any atom is -0.383 e. The van der Waals surface area contributed by atoms with Gasteiger partial charge in [0.05, 0.1) is 11.9 Å². The molecule has 0 aromatic carbocycles. The van der Waals surface area contributed by atoms with Crippen molar-refractivity contribution in [2.75, 3.05) is 11.9 Å². The lowest BCUT2D eigenvalue weighted by Gasteiger charge is -2.09. The van der Waals surface area contributed by atoms with Gasteiger partial charge < -0.3 is 5.32 Å². The third-order valence-corrected chi connectivity index (χ3v) is 2.87. The maximum absolute atomic E-state index is 12.0. The second-order valence-electron chi connectivity index (χ2n) is 5.01. The zero-order chi connectivity index (χ0) is 14.5. The van der Waals surface area contributed by atoms with Gasteiger partial charge in [-0.15, -0.1) is 0 Å². The van der Waals surface area contributed by atoms with Crippen molar-refractivity contribution in [3.05, 3.63) is 34.8 Å². The Morgan fingerprint density at radius 2 is 2.10 bits per heavy atom. The molecule has 0 amide bonds. The average Bonchev–Trinajstić information content (AvgIpc) is 2.86. The van der Waals surface area contributed by atoms with E-state index >= 15 is 0 Å². The van der Waals surface area contributed by atoms with Gasteiger partial charge in [-0.25, -0.2) is 14.3 Å². The molecule has 0 atom stereocenters. The number of nitrogens with zero attached hydrogens (tertiary/aromatic N) is 5. The predicted octanol–water partition coefficient (Wildman–Crippen LogP) is 0.971. The summed E-state index contributed by atoms with van der Waals surface area (Å²) in [6.45, 7) is 8.07. The van der Waals surface area contributed by atoms with Crippen LogP contribution in [0.5, 0.6) is 0 Å². The molecule has 20 heavy (non-hydrogen) atoms. The third-order valence-electron chi connectivity index (χ3n) is 2.87. The van der Waals surface area contributed by atoms with Crippen molar-refractivity contribution in [2.45, 2.75) is 33.9 Å². The molecular formula is C13H20N6O. The summed E-state index contributed by atoms with van der Waals surface area (Å²) >= 11 is 0. The van der Waals surface area contributed by atoms with Crippen LogP contribution in [-0.4, -0.2) is 31.1 Å². The van der Waals surface area contributed by atoms with Gasteiger partial charge in [-0.05, 0) is 12.8 Å². The summed E-state index contributed by atoms with van der Waals surface area (Å²) in [6.07, 6.45) is 3.15. The van der Waals surface area contributed by atoms with E-state index in [1.54, 1.807) is 16.9 Å². The van der Waals surface area contributed by atoms with Crippen molar-refractivity contribution in [2.24, 2.45) is 5.92 Å². The first kappa shape index (κ1) is 14.2. The van der Waals surface area contributed by atoms with Gasteiger partial charge in [-0.3, -0.25) is 4.79 Å². The maximum atomic E-state index is 12.0. The molecule has 0 aliphatic carbocycles. The van der Waals surface area contributed by atoms with Gasteiger partial charge in [-0.1, -0.05) is 13.8 Å². The monoisotopic (exact) mass is 276 g/mol. The molecule has 0 unspecified atom stereocenters. The second-order valence-corrected chi connectivity index (χ2v) is 5.01. The topological polar surface area (TPSA) is 77.6 Å². The van der Waals surface area contributed by atoms with E-state index in [0.717, 1.165) is 24.6 Å². The molecule has 0 aliphatic heterocycles. The Balaban J connectivity index is 2.12. The van der Waals surface area contributed by atoms with E-state index in [1.807, 2.05) is 6.92 Å². The van der Waals surface area contributed by atoms with Crippen molar-refractivity contribution < 1.29 is 0 Å². The minimum absolute atomic E-state index is 0.149. The lowest BCUT2D eigenvalue weighted by molar-refractivity contribution is 0.551. The lowest BCUT2D eigenvalue weighted by Crippen LogP contribution is -2.25. The Morgan fingerprint density at radius 1 is 1.30 bits per heavy atom. The van der Waals surface area contributed by atoms with Crippen molar-refractivity contribution in [1.29, 1.82) is 0 Å². The number of aryl methyl sites for hydroxylation is 1. The first-order valence-corrected chi connectivity index (χ1v) is 6.78. The largest absolute Gasteiger partial charge is 0.383 e. The summed E-state index contributed by atoms with van der Waals surface area (Å²) in [5.74, 6) is 1.24. The Bertz CT molecular complexity index is 615. The molecule has 0 saturated carbocycles. The molecule has 108 valence electrons. The predicted molar refractivity (Wildman–Crippen MR) is 76.6 cm³/mol. The quantitative estimate of drug-likeness (QED) is 0.850. The van der Waals surface area contributed by atoms with Crippen LogP contribution < -0.4 is 10.9 Å². The molecular weight excluding hydrogens is 256 g/mol. The van der Waals surface area contributed by atoms with Crippen LogP contribution >= 0.6 is 0 Å². The van der Waals surface area contributed by atoms with Gasteiger partial charge in [-0.2, -0.15) is 10.2 Å². The molecule has 7 heteroatoms. The highest BCUT2D eigenvalue weighted by Gasteiger charge is 2.06. The van der Waals surface area contributed by atoms with Crippen LogP contribution in [0.25, 0.3) is 0 Å². The van der Waals surface area contributed by atoms with Crippen LogP contribution in [0.4, 0.5) is 5.69 Å². The number of aromatic nitrogens is 5. The van der Waals surface area contributed by atoms with Crippen molar-refractivity contribution in [3.8, 4) is 0 Å². The molecule has 2 rings (SSSR count). The molecule has 0 saturated heterocycles. The highest BCUT2D eigenvalue weighted by molar-refractivity contribution is 5.38. The molecule has 0 aliphatic rings. The van der Waals surface area contributed by atoms with Crippen LogP contribution in [0, 0.1) is 5.92 Å². The number of rotatable bonds is 6. The summed E-state index contributed by atoms with van der Waals surface area (Å²) in [5.41, 5.74) is 0.598. The van der Waals surface area contributed by atoms with Crippen LogP contribution in [0.1, 0.15) is 26.6 Å². The highest BCUT2D eigenvalue weighted by Crippen LogP contribution is 2.03. The fraction of sp³-hybridized carbons (Fsp3) is 0.538. The fourth-order valence-electron chi connectivity index (χ4n) is 1.78. The first-order chi connectivity index (χ1) is 9.60. The smallest absolute Gasteiger partial charge is 0.269 e. The molecule has 2 aromatic rings.